The number of benzene rings is 1. The summed E-state index contributed by atoms with van der Waals surface area (Å²) in [5.74, 6) is -2.67. The largest absolute Gasteiger partial charge is 0.356 e. The van der Waals surface area contributed by atoms with Gasteiger partial charge in [-0.1, -0.05) is 18.2 Å². The number of likely N-dealkylation sites (tertiary alicyclic amines) is 1. The maximum atomic E-state index is 14.2. The lowest BCUT2D eigenvalue weighted by Gasteiger charge is -2.39. The molecule has 5 aliphatic rings. The molecule has 10 heteroatoms. The summed E-state index contributed by atoms with van der Waals surface area (Å²) >= 11 is 0. The van der Waals surface area contributed by atoms with Gasteiger partial charge >= 0.3 is 0 Å². The fourth-order valence-corrected chi connectivity index (χ4v) is 6.75. The van der Waals surface area contributed by atoms with Crippen molar-refractivity contribution < 1.29 is 24.0 Å². The Morgan fingerprint density at radius 2 is 1.80 bits per heavy atom. The number of nitrogens with one attached hydrogen (secondary N) is 3. The maximum absolute atomic E-state index is 14.2. The van der Waals surface area contributed by atoms with E-state index in [9.17, 15) is 24.0 Å². The molecule has 1 spiro atoms. The van der Waals surface area contributed by atoms with Gasteiger partial charge < -0.3 is 25.4 Å². The number of piperidine rings is 1. The molecule has 0 unspecified atom stereocenters. The SMILES string of the molecule is O=C(NC1CC1)C(=O)[C@H](C[C@@H]1CCNC1=O)NC(=O)[C@@H]1CC2(CCN1C(=O)c1cc3ccccc3n1C1CC1)CC2. The highest BCUT2D eigenvalue weighted by molar-refractivity contribution is 6.38. The smallest absolute Gasteiger partial charge is 0.289 e. The summed E-state index contributed by atoms with van der Waals surface area (Å²) in [7, 11) is 0. The highest BCUT2D eigenvalue weighted by Crippen LogP contribution is 2.55. The van der Waals surface area contributed by atoms with Gasteiger partial charge in [-0.2, -0.15) is 0 Å². The molecule has 3 atom stereocenters. The second kappa shape index (κ2) is 9.99. The van der Waals surface area contributed by atoms with E-state index in [1.54, 1.807) is 4.90 Å². The molecule has 2 aliphatic heterocycles. The maximum Gasteiger partial charge on any atom is 0.289 e. The number of Topliss-reactive ketones (excluding diaryl/α,β-unsaturated/α-hetero) is 1. The van der Waals surface area contributed by atoms with Crippen molar-refractivity contribution in [2.24, 2.45) is 11.3 Å². The van der Waals surface area contributed by atoms with Crippen LogP contribution in [0.5, 0.6) is 0 Å². The lowest BCUT2D eigenvalue weighted by Crippen LogP contribution is -2.58. The molecule has 5 fully saturated rings. The first-order chi connectivity index (χ1) is 19.8. The first-order valence-corrected chi connectivity index (χ1v) is 15.2. The van der Waals surface area contributed by atoms with E-state index in [-0.39, 0.29) is 35.7 Å². The zero-order valence-electron chi connectivity index (χ0n) is 23.2. The van der Waals surface area contributed by atoms with Crippen LogP contribution in [-0.4, -0.2) is 70.1 Å². The third-order valence-corrected chi connectivity index (χ3v) is 9.74. The van der Waals surface area contributed by atoms with E-state index in [4.69, 9.17) is 0 Å². The average Bonchev–Trinajstić information content (AvgIpc) is 3.92. The number of aromatic nitrogens is 1. The molecule has 0 radical (unpaired) electrons. The van der Waals surface area contributed by atoms with Gasteiger partial charge in [0.05, 0.1) is 6.04 Å². The van der Waals surface area contributed by atoms with Crippen molar-refractivity contribution in [2.45, 2.75) is 88.4 Å². The van der Waals surface area contributed by atoms with Gasteiger partial charge in [-0.15, -0.1) is 0 Å². The third kappa shape index (κ3) is 5.13. The van der Waals surface area contributed by atoms with Gasteiger partial charge in [-0.3, -0.25) is 24.0 Å². The fourth-order valence-electron chi connectivity index (χ4n) is 6.75. The number of ketones is 1. The van der Waals surface area contributed by atoms with Gasteiger partial charge in [0.15, 0.2) is 0 Å². The molecule has 3 heterocycles. The van der Waals surface area contributed by atoms with Crippen molar-refractivity contribution >= 4 is 40.3 Å². The molecule has 3 aliphatic carbocycles. The minimum atomic E-state index is -1.12. The lowest BCUT2D eigenvalue weighted by molar-refractivity contribution is -0.141. The Morgan fingerprint density at radius 3 is 2.49 bits per heavy atom. The molecule has 41 heavy (non-hydrogen) atoms. The highest BCUT2D eigenvalue weighted by atomic mass is 16.2. The molecule has 0 bridgehead atoms. The Balaban J connectivity index is 1.15. The topological polar surface area (TPSA) is 130 Å². The molecule has 2 aromatic rings. The van der Waals surface area contributed by atoms with Gasteiger partial charge in [-0.05, 0) is 81.8 Å². The van der Waals surface area contributed by atoms with Crippen molar-refractivity contribution in [2.75, 3.05) is 13.1 Å². The van der Waals surface area contributed by atoms with Crippen LogP contribution in [0.4, 0.5) is 0 Å². The van der Waals surface area contributed by atoms with E-state index in [0.29, 0.717) is 31.6 Å². The lowest BCUT2D eigenvalue weighted by atomic mass is 9.86. The number of carbonyl (C=O) groups is 5. The molecule has 4 amide bonds. The standard InChI is InChI=1S/C31H37N5O5/c37-26(29(40)33-20-5-6-20)22(15-19-9-13-32-27(19)38)34-28(39)25-17-31(10-11-31)12-14-35(25)30(41)24-16-18-3-1-2-4-23(18)36(24)21-7-8-21/h1-4,16,19-22,25H,5-15,17H2,(H,32,38)(H,33,40)(H,34,39)/t19-,22-,25-/m0/s1. The number of fused-ring (bicyclic) bond motifs is 1. The Kier molecular flexibility index (Phi) is 6.39. The number of amides is 4. The van der Waals surface area contributed by atoms with Crippen molar-refractivity contribution in [3.8, 4) is 0 Å². The number of hydrogen-bond acceptors (Lipinski definition) is 5. The molecule has 10 nitrogen and oxygen atoms in total. The molecular formula is C31H37N5O5. The number of para-hydroxylation sites is 1. The fraction of sp³-hybridized carbons (Fsp3) is 0.581. The van der Waals surface area contributed by atoms with Crippen molar-refractivity contribution in [1.29, 1.82) is 0 Å². The van der Waals surface area contributed by atoms with E-state index >= 15 is 0 Å². The highest BCUT2D eigenvalue weighted by Gasteiger charge is 2.52. The molecule has 216 valence electrons. The first kappa shape index (κ1) is 26.2. The van der Waals surface area contributed by atoms with Gasteiger partial charge in [0.2, 0.25) is 17.6 Å². The molecule has 7 rings (SSSR count). The first-order valence-electron chi connectivity index (χ1n) is 15.2. The summed E-state index contributed by atoms with van der Waals surface area (Å²) < 4.78 is 2.13. The normalized spacial score (nSPS) is 25.6. The van der Waals surface area contributed by atoms with E-state index in [1.165, 1.54) is 0 Å². The van der Waals surface area contributed by atoms with Gasteiger partial charge in [-0.25, -0.2) is 0 Å². The van der Waals surface area contributed by atoms with Gasteiger partial charge in [0.25, 0.3) is 11.8 Å². The van der Waals surface area contributed by atoms with Crippen LogP contribution in [-0.2, 0) is 19.2 Å². The number of rotatable bonds is 9. The number of hydrogen-bond donors (Lipinski definition) is 3. The molecule has 3 N–H and O–H groups in total. The zero-order chi connectivity index (χ0) is 28.3. The quantitative estimate of drug-likeness (QED) is 0.406. The molecule has 3 saturated carbocycles. The minimum Gasteiger partial charge on any atom is -0.356 e. The summed E-state index contributed by atoms with van der Waals surface area (Å²) in [5, 5.41) is 9.35. The molecular weight excluding hydrogens is 522 g/mol. The summed E-state index contributed by atoms with van der Waals surface area (Å²) in [6, 6.07) is 8.32. The van der Waals surface area contributed by atoms with E-state index < -0.39 is 35.6 Å². The minimum absolute atomic E-state index is 0.00279. The van der Waals surface area contributed by atoms with Crippen LogP contribution in [0, 0.1) is 11.3 Å². The van der Waals surface area contributed by atoms with Crippen LogP contribution in [0.15, 0.2) is 30.3 Å². The molecule has 1 aromatic heterocycles. The predicted octanol–water partition coefficient (Wildman–Crippen LogP) is 2.22. The molecule has 1 aromatic carbocycles. The van der Waals surface area contributed by atoms with Crippen LogP contribution in [0.1, 0.15) is 80.7 Å². The Hall–Kier alpha value is -3.69. The van der Waals surface area contributed by atoms with Crippen molar-refractivity contribution in [1.82, 2.24) is 25.4 Å². The second-order valence-electron chi connectivity index (χ2n) is 12.8. The average molecular weight is 560 g/mol. The van der Waals surface area contributed by atoms with Gasteiger partial charge in [0.1, 0.15) is 11.7 Å². The van der Waals surface area contributed by atoms with E-state index in [2.05, 4.69) is 20.5 Å². The van der Waals surface area contributed by atoms with Gasteiger partial charge in [0, 0.05) is 42.0 Å². The Morgan fingerprint density at radius 1 is 1.02 bits per heavy atom. The monoisotopic (exact) mass is 559 g/mol. The van der Waals surface area contributed by atoms with E-state index in [0.717, 1.165) is 55.8 Å². The van der Waals surface area contributed by atoms with Crippen LogP contribution in [0.2, 0.25) is 0 Å². The molecule has 2 saturated heterocycles. The zero-order valence-corrected chi connectivity index (χ0v) is 23.2. The van der Waals surface area contributed by atoms with Crippen LogP contribution >= 0.6 is 0 Å². The van der Waals surface area contributed by atoms with Crippen LogP contribution in [0.3, 0.4) is 0 Å². The van der Waals surface area contributed by atoms with Crippen LogP contribution in [0.25, 0.3) is 10.9 Å². The van der Waals surface area contributed by atoms with Crippen LogP contribution < -0.4 is 16.0 Å². The summed E-state index contributed by atoms with van der Waals surface area (Å²) in [4.78, 5) is 68.2. The number of nitrogens with zero attached hydrogens (tertiary/aromatic N) is 2. The predicted molar refractivity (Wildman–Crippen MR) is 150 cm³/mol. The Labute approximate surface area is 238 Å². The van der Waals surface area contributed by atoms with Crippen molar-refractivity contribution in [3.05, 3.63) is 36.0 Å². The third-order valence-electron chi connectivity index (χ3n) is 9.74. The Bertz CT molecular complexity index is 1440. The van der Waals surface area contributed by atoms with Crippen molar-refractivity contribution in [3.63, 3.8) is 0 Å². The van der Waals surface area contributed by atoms with E-state index in [1.807, 2.05) is 30.3 Å². The summed E-state index contributed by atoms with van der Waals surface area (Å²) in [6.07, 6.45) is 7.75. The number of carbonyl (C=O) groups excluding carboxylic acids is 5. The summed E-state index contributed by atoms with van der Waals surface area (Å²) in [6.45, 7) is 0.976. The summed E-state index contributed by atoms with van der Waals surface area (Å²) in [5.41, 5.74) is 1.67. The second-order valence-corrected chi connectivity index (χ2v) is 12.8.